The lowest BCUT2D eigenvalue weighted by atomic mass is 9.96. The van der Waals surface area contributed by atoms with Crippen LogP contribution in [0.3, 0.4) is 0 Å². The number of nitrogens with one attached hydrogen (secondary N) is 1. The van der Waals surface area contributed by atoms with Crippen molar-refractivity contribution in [3.05, 3.63) is 38.3 Å². The maximum Gasteiger partial charge on any atom is 0.350 e. The van der Waals surface area contributed by atoms with Crippen LogP contribution in [-0.2, 0) is 0 Å². The quantitative estimate of drug-likeness (QED) is 0.719. The molecule has 3 aliphatic rings. The third kappa shape index (κ3) is 3.39. The zero-order valence-corrected chi connectivity index (χ0v) is 18.2. The number of fused-ring (bicyclic) bond motifs is 1. The lowest BCUT2D eigenvalue weighted by molar-refractivity contribution is 0.381. The van der Waals surface area contributed by atoms with Crippen LogP contribution >= 0.6 is 0 Å². The van der Waals surface area contributed by atoms with E-state index < -0.39 is 17.1 Å². The van der Waals surface area contributed by atoms with Gasteiger partial charge in [0.05, 0.1) is 22.7 Å². The van der Waals surface area contributed by atoms with Gasteiger partial charge in [0.25, 0.3) is 5.56 Å². The second-order valence-corrected chi connectivity index (χ2v) is 8.85. The van der Waals surface area contributed by atoms with Gasteiger partial charge in [-0.2, -0.15) is 9.94 Å². The van der Waals surface area contributed by atoms with Gasteiger partial charge in [0, 0.05) is 37.2 Å². The highest BCUT2D eigenvalue weighted by Crippen LogP contribution is 2.47. The Morgan fingerprint density at radius 2 is 1.94 bits per heavy atom. The molecule has 9 heteroatoms. The summed E-state index contributed by atoms with van der Waals surface area (Å²) < 4.78 is 17.4. The molecule has 3 fully saturated rings. The van der Waals surface area contributed by atoms with Crippen LogP contribution in [0.15, 0.2) is 15.7 Å². The predicted octanol–water partition coefficient (Wildman–Crippen LogP) is 1.77. The largest absolute Gasteiger partial charge is 0.369 e. The van der Waals surface area contributed by atoms with E-state index in [0.717, 1.165) is 32.4 Å². The molecule has 5 rings (SSSR count). The molecule has 1 aliphatic heterocycles. The fourth-order valence-electron chi connectivity index (χ4n) is 5.13. The van der Waals surface area contributed by atoms with Crippen LogP contribution in [0.1, 0.15) is 50.6 Å². The van der Waals surface area contributed by atoms with Crippen molar-refractivity contribution in [3.63, 3.8) is 0 Å². The summed E-state index contributed by atoms with van der Waals surface area (Å²) in [6, 6.07) is 3.05. The third-order valence-corrected chi connectivity index (χ3v) is 7.05. The minimum Gasteiger partial charge on any atom is -0.369 e. The van der Waals surface area contributed by atoms with Gasteiger partial charge in [-0.1, -0.05) is 0 Å². The van der Waals surface area contributed by atoms with Crippen LogP contribution in [0.4, 0.5) is 10.1 Å². The van der Waals surface area contributed by atoms with E-state index in [0.29, 0.717) is 27.4 Å². The second-order valence-electron chi connectivity index (χ2n) is 8.85. The molecule has 2 heterocycles. The summed E-state index contributed by atoms with van der Waals surface area (Å²) in [6.45, 7) is 4.81. The monoisotopic (exact) mass is 428 g/mol. The average Bonchev–Trinajstić information content (AvgIpc) is 3.67. The summed E-state index contributed by atoms with van der Waals surface area (Å²) in [5.41, 5.74) is 0.744. The number of aromatic nitrogens is 2. The van der Waals surface area contributed by atoms with Gasteiger partial charge in [-0.05, 0) is 58.1 Å². The first-order valence-corrected chi connectivity index (χ1v) is 10.8. The molecule has 2 aromatic rings. The Bertz CT molecular complexity index is 1190. The summed E-state index contributed by atoms with van der Waals surface area (Å²) in [4.78, 5) is 27.3. The van der Waals surface area contributed by atoms with Gasteiger partial charge in [-0.15, -0.1) is 0 Å². The Hall–Kier alpha value is -2.86. The number of rotatable bonds is 4. The smallest absolute Gasteiger partial charge is 0.350 e. The van der Waals surface area contributed by atoms with Gasteiger partial charge >= 0.3 is 5.69 Å². The molecule has 1 saturated heterocycles. The van der Waals surface area contributed by atoms with Crippen molar-refractivity contribution >= 4 is 16.6 Å². The summed E-state index contributed by atoms with van der Waals surface area (Å²) in [6.07, 6.45) is 5.08. The molecule has 0 spiro atoms. The molecule has 1 aromatic carbocycles. The minimum absolute atomic E-state index is 0.0350. The Balaban J connectivity index is 0.000000730. The van der Waals surface area contributed by atoms with Crippen molar-refractivity contribution in [3.8, 4) is 6.07 Å². The van der Waals surface area contributed by atoms with Crippen LogP contribution in [0.2, 0.25) is 0 Å². The third-order valence-electron chi connectivity index (χ3n) is 7.05. The summed E-state index contributed by atoms with van der Waals surface area (Å²) in [7, 11) is 2.00. The minimum atomic E-state index is -0.642. The lowest BCUT2D eigenvalue weighted by Crippen LogP contribution is -2.44. The number of anilines is 1. The number of nitrogens with two attached hydrogens (primary N) is 1. The van der Waals surface area contributed by atoms with E-state index in [4.69, 9.17) is 11.1 Å². The Morgan fingerprint density at radius 1 is 1.29 bits per heavy atom. The highest BCUT2D eigenvalue weighted by atomic mass is 19.1. The number of nitriles is 1. The van der Waals surface area contributed by atoms with Crippen LogP contribution < -0.4 is 27.3 Å². The lowest BCUT2D eigenvalue weighted by Gasteiger charge is -2.26. The normalized spacial score (nSPS) is 21.5. The number of benzene rings is 1. The van der Waals surface area contributed by atoms with Gasteiger partial charge in [0.2, 0.25) is 0 Å². The fourth-order valence-corrected chi connectivity index (χ4v) is 5.13. The van der Waals surface area contributed by atoms with Gasteiger partial charge in [0.1, 0.15) is 5.82 Å². The molecule has 2 aliphatic carbocycles. The molecule has 166 valence electrons. The number of nitrogen functional groups attached to an aromatic ring is 1. The van der Waals surface area contributed by atoms with Gasteiger partial charge in [0.15, 0.2) is 0 Å². The van der Waals surface area contributed by atoms with E-state index in [9.17, 15) is 9.59 Å². The maximum atomic E-state index is 15.2. The van der Waals surface area contributed by atoms with Gasteiger partial charge in [-0.3, -0.25) is 9.36 Å². The first-order chi connectivity index (χ1) is 14.8. The summed E-state index contributed by atoms with van der Waals surface area (Å²) in [5, 5.41) is 11.0. The molecule has 1 aromatic heterocycles. The topological polar surface area (TPSA) is 109 Å². The Kier molecular flexibility index (Phi) is 5.30. The average molecular weight is 429 g/mol. The van der Waals surface area contributed by atoms with Crippen molar-refractivity contribution in [2.75, 3.05) is 30.9 Å². The van der Waals surface area contributed by atoms with Crippen molar-refractivity contribution in [2.24, 2.45) is 5.92 Å². The summed E-state index contributed by atoms with van der Waals surface area (Å²) >= 11 is 0. The Morgan fingerprint density at radius 3 is 2.48 bits per heavy atom. The van der Waals surface area contributed by atoms with Gasteiger partial charge in [-0.25, -0.2) is 9.18 Å². The van der Waals surface area contributed by atoms with Crippen LogP contribution in [-0.4, -0.2) is 34.9 Å². The van der Waals surface area contributed by atoms with E-state index in [1.807, 2.05) is 14.0 Å². The van der Waals surface area contributed by atoms with E-state index >= 15 is 4.39 Å². The van der Waals surface area contributed by atoms with Gasteiger partial charge < -0.3 is 16.1 Å². The number of nitrogens with zero attached hydrogens (tertiary/aromatic N) is 4. The predicted molar refractivity (Wildman–Crippen MR) is 118 cm³/mol. The summed E-state index contributed by atoms with van der Waals surface area (Å²) in [5.74, 6) is 5.76. The zero-order chi connectivity index (χ0) is 22.5. The van der Waals surface area contributed by atoms with E-state index in [-0.39, 0.29) is 17.0 Å². The molecule has 0 bridgehead atoms. The molecule has 0 radical (unpaired) electrons. The number of aryl methyl sites for hydroxylation is 1. The number of halogens is 1. The molecule has 8 nitrogen and oxygen atoms in total. The maximum absolute atomic E-state index is 15.2. The van der Waals surface area contributed by atoms with Crippen LogP contribution in [0.25, 0.3) is 10.9 Å². The van der Waals surface area contributed by atoms with Crippen molar-refractivity contribution in [1.29, 1.82) is 5.26 Å². The van der Waals surface area contributed by atoms with Crippen LogP contribution in [0, 0.1) is 30.0 Å². The highest BCUT2D eigenvalue weighted by Gasteiger charge is 2.50. The molecule has 1 unspecified atom stereocenters. The number of hydrogen-bond donors (Lipinski definition) is 2. The fraction of sp³-hybridized carbons (Fsp3) is 0.591. The van der Waals surface area contributed by atoms with E-state index in [2.05, 4.69) is 10.2 Å². The number of hydrogen-bond acceptors (Lipinski definition) is 6. The Labute approximate surface area is 180 Å². The molecular weight excluding hydrogens is 399 g/mol. The molecule has 1 atom stereocenters. The van der Waals surface area contributed by atoms with Crippen molar-refractivity contribution < 1.29 is 4.39 Å². The highest BCUT2D eigenvalue weighted by molar-refractivity contribution is 5.87. The van der Waals surface area contributed by atoms with Crippen molar-refractivity contribution in [1.82, 2.24) is 14.6 Å². The first-order valence-electron chi connectivity index (χ1n) is 10.8. The molecular formula is C22H29FN6O2. The molecule has 3 N–H and O–H groups in total. The van der Waals surface area contributed by atoms with E-state index in [1.165, 1.54) is 25.8 Å². The van der Waals surface area contributed by atoms with E-state index in [1.54, 1.807) is 10.6 Å². The molecule has 31 heavy (non-hydrogen) atoms. The SMILES string of the molecule is CC#N.CNC1(C2CCN(c3c(F)cc4c(=O)n(N)c(=O)n(C5CC5)c4c3C)C2)CC1. The standard InChI is InChI=1S/C20H26FN5O2.C2H3N/c1-11-16-14(18(27)26(22)19(28)25(16)13-3-4-13)9-15(21)17(11)24-8-5-12(10-24)20(23-2)6-7-20;1-2-3/h9,12-13,23H,3-8,10,22H2,1-2H3;1H3. The first kappa shape index (κ1) is 21.4. The second kappa shape index (κ2) is 7.68. The molecule has 0 amide bonds. The van der Waals surface area contributed by atoms with Crippen molar-refractivity contribution in [2.45, 2.75) is 57.5 Å². The molecule has 2 saturated carbocycles. The zero-order valence-electron chi connectivity index (χ0n) is 18.2. The van der Waals surface area contributed by atoms with Crippen LogP contribution in [0.5, 0.6) is 0 Å².